The van der Waals surface area contributed by atoms with Gasteiger partial charge in [0.25, 0.3) is 5.91 Å². The van der Waals surface area contributed by atoms with Gasteiger partial charge in [-0.1, -0.05) is 18.2 Å². The summed E-state index contributed by atoms with van der Waals surface area (Å²) >= 11 is 0. The summed E-state index contributed by atoms with van der Waals surface area (Å²) in [5.74, 6) is 1.94. The fourth-order valence-electron chi connectivity index (χ4n) is 3.26. The van der Waals surface area contributed by atoms with Crippen molar-refractivity contribution in [3.63, 3.8) is 0 Å². The first-order valence-electron chi connectivity index (χ1n) is 10.9. The largest absolute Gasteiger partial charge is 0.439 e. The third-order valence-corrected chi connectivity index (χ3v) is 5.31. The third kappa shape index (κ3) is 7.07. The summed E-state index contributed by atoms with van der Waals surface area (Å²) in [5.41, 5.74) is 5.19. The molecule has 1 amide bonds. The summed E-state index contributed by atoms with van der Waals surface area (Å²) in [7, 11) is 3.37. The standard InChI is InChI=1S/C26H31N5O2/c1-18-8-9-23(14-19(18)2)33-24-16-21(11-12-29-24)17-31-26(28-4)30-13-10-20-6-5-7-22(15-20)25(32)27-3/h5-9,11-12,14-16H,10,13,17H2,1-4H3,(H,27,32)(H2,28,30,31). The van der Waals surface area contributed by atoms with Gasteiger partial charge in [-0.2, -0.15) is 0 Å². The molecule has 1 heterocycles. The molecule has 0 aliphatic carbocycles. The number of aliphatic imine (C=N–C) groups is 1. The highest BCUT2D eigenvalue weighted by molar-refractivity contribution is 5.94. The number of aromatic nitrogens is 1. The number of carbonyl (C=O) groups excluding carboxylic acids is 1. The summed E-state index contributed by atoms with van der Waals surface area (Å²) in [6, 6.07) is 17.5. The number of hydrogen-bond acceptors (Lipinski definition) is 4. The number of aryl methyl sites for hydroxylation is 2. The average molecular weight is 446 g/mol. The molecule has 33 heavy (non-hydrogen) atoms. The Kier molecular flexibility index (Phi) is 8.41. The van der Waals surface area contributed by atoms with Crippen molar-refractivity contribution in [3.8, 4) is 11.6 Å². The second kappa shape index (κ2) is 11.7. The average Bonchev–Trinajstić information content (AvgIpc) is 2.83. The molecule has 172 valence electrons. The van der Waals surface area contributed by atoms with Crippen molar-refractivity contribution < 1.29 is 9.53 Å². The molecule has 0 aliphatic heterocycles. The number of nitrogens with one attached hydrogen (secondary N) is 3. The second-order valence-electron chi connectivity index (χ2n) is 7.73. The molecular weight excluding hydrogens is 414 g/mol. The summed E-state index contributed by atoms with van der Waals surface area (Å²) in [4.78, 5) is 20.4. The predicted molar refractivity (Wildman–Crippen MR) is 132 cm³/mol. The Balaban J connectivity index is 1.51. The SMILES string of the molecule is CN=C(NCCc1cccc(C(=O)NC)c1)NCc1ccnc(Oc2ccc(C)c(C)c2)c1. The molecule has 7 nitrogen and oxygen atoms in total. The number of hydrogen-bond donors (Lipinski definition) is 3. The van der Waals surface area contributed by atoms with Gasteiger partial charge in [0.1, 0.15) is 5.75 Å². The molecule has 3 rings (SSSR count). The lowest BCUT2D eigenvalue weighted by molar-refractivity contribution is 0.0963. The molecule has 0 fully saturated rings. The fourth-order valence-corrected chi connectivity index (χ4v) is 3.26. The Labute approximate surface area is 195 Å². The monoisotopic (exact) mass is 445 g/mol. The summed E-state index contributed by atoms with van der Waals surface area (Å²) in [5, 5.41) is 9.27. The minimum Gasteiger partial charge on any atom is -0.439 e. The van der Waals surface area contributed by atoms with Crippen molar-refractivity contribution in [2.75, 3.05) is 20.6 Å². The highest BCUT2D eigenvalue weighted by Gasteiger charge is 2.06. The van der Waals surface area contributed by atoms with Crippen molar-refractivity contribution in [1.29, 1.82) is 0 Å². The van der Waals surface area contributed by atoms with Crippen molar-refractivity contribution in [2.45, 2.75) is 26.8 Å². The van der Waals surface area contributed by atoms with Crippen molar-refractivity contribution in [1.82, 2.24) is 20.9 Å². The quantitative estimate of drug-likeness (QED) is 0.363. The van der Waals surface area contributed by atoms with Crippen molar-refractivity contribution in [3.05, 3.63) is 88.6 Å². The van der Waals surface area contributed by atoms with Crippen molar-refractivity contribution in [2.24, 2.45) is 4.99 Å². The molecule has 0 atom stereocenters. The summed E-state index contributed by atoms with van der Waals surface area (Å²) < 4.78 is 5.92. The van der Waals surface area contributed by atoms with E-state index in [9.17, 15) is 4.79 Å². The van der Waals surface area contributed by atoms with Crippen molar-refractivity contribution >= 4 is 11.9 Å². The van der Waals surface area contributed by atoms with Crippen LogP contribution in [0, 0.1) is 13.8 Å². The molecule has 0 saturated heterocycles. The maximum atomic E-state index is 11.8. The molecule has 0 spiro atoms. The molecule has 0 saturated carbocycles. The predicted octanol–water partition coefficient (Wildman–Crippen LogP) is 3.76. The van der Waals surface area contributed by atoms with Crippen LogP contribution in [0.5, 0.6) is 11.6 Å². The molecule has 0 radical (unpaired) electrons. The maximum absolute atomic E-state index is 11.8. The van der Waals surface area contributed by atoms with Gasteiger partial charge in [-0.05, 0) is 72.9 Å². The zero-order valence-corrected chi connectivity index (χ0v) is 19.6. The summed E-state index contributed by atoms with van der Waals surface area (Å²) in [6.45, 7) is 5.41. The van der Waals surface area contributed by atoms with Crippen LogP contribution in [0.3, 0.4) is 0 Å². The molecule has 7 heteroatoms. The zero-order valence-electron chi connectivity index (χ0n) is 19.6. The Morgan fingerprint density at radius 3 is 2.61 bits per heavy atom. The molecule has 2 aromatic carbocycles. The smallest absolute Gasteiger partial charge is 0.251 e. The third-order valence-electron chi connectivity index (χ3n) is 5.31. The first-order chi connectivity index (χ1) is 16.0. The van der Waals surface area contributed by atoms with E-state index in [1.165, 1.54) is 11.1 Å². The number of guanidine groups is 1. The summed E-state index contributed by atoms with van der Waals surface area (Å²) in [6.07, 6.45) is 2.51. The number of pyridine rings is 1. The fraction of sp³-hybridized carbons (Fsp3) is 0.269. The molecule has 0 aliphatic rings. The Morgan fingerprint density at radius 2 is 1.85 bits per heavy atom. The number of benzene rings is 2. The lowest BCUT2D eigenvalue weighted by Crippen LogP contribution is -2.37. The van der Waals surface area contributed by atoms with E-state index in [4.69, 9.17) is 4.74 Å². The van der Waals surface area contributed by atoms with Crippen LogP contribution in [0.25, 0.3) is 0 Å². The van der Waals surface area contributed by atoms with E-state index >= 15 is 0 Å². The van der Waals surface area contributed by atoms with Gasteiger partial charge in [0.05, 0.1) is 0 Å². The van der Waals surface area contributed by atoms with E-state index in [1.807, 2.05) is 54.6 Å². The van der Waals surface area contributed by atoms with Crippen LogP contribution < -0.4 is 20.7 Å². The number of ether oxygens (including phenoxy) is 1. The molecule has 3 aromatic rings. The lowest BCUT2D eigenvalue weighted by Gasteiger charge is -2.13. The van der Waals surface area contributed by atoms with E-state index in [2.05, 4.69) is 39.8 Å². The van der Waals surface area contributed by atoms with Gasteiger partial charge in [-0.15, -0.1) is 0 Å². The number of amides is 1. The highest BCUT2D eigenvalue weighted by Crippen LogP contribution is 2.22. The van der Waals surface area contributed by atoms with E-state index in [0.29, 0.717) is 30.5 Å². The number of nitrogens with zero attached hydrogens (tertiary/aromatic N) is 2. The van der Waals surface area contributed by atoms with Crippen LogP contribution >= 0.6 is 0 Å². The van der Waals surface area contributed by atoms with E-state index in [0.717, 1.165) is 23.3 Å². The van der Waals surface area contributed by atoms with Crippen LogP contribution in [0.15, 0.2) is 65.8 Å². The second-order valence-corrected chi connectivity index (χ2v) is 7.73. The minimum atomic E-state index is -0.0829. The first kappa shape index (κ1) is 23.8. The lowest BCUT2D eigenvalue weighted by atomic mass is 10.1. The van der Waals surface area contributed by atoms with Crippen LogP contribution in [0.1, 0.15) is 32.6 Å². The first-order valence-corrected chi connectivity index (χ1v) is 10.9. The van der Waals surface area contributed by atoms with Gasteiger partial charge in [0.2, 0.25) is 5.88 Å². The molecular formula is C26H31N5O2. The van der Waals surface area contributed by atoms with Crippen LogP contribution in [0.2, 0.25) is 0 Å². The molecule has 0 unspecified atom stereocenters. The van der Waals surface area contributed by atoms with Gasteiger partial charge < -0.3 is 20.7 Å². The Bertz CT molecular complexity index is 1130. The Hall–Kier alpha value is -3.87. The van der Waals surface area contributed by atoms with Gasteiger partial charge in [0, 0.05) is 45.0 Å². The van der Waals surface area contributed by atoms with E-state index < -0.39 is 0 Å². The number of rotatable bonds is 8. The van der Waals surface area contributed by atoms with Crippen LogP contribution in [-0.4, -0.2) is 37.5 Å². The van der Waals surface area contributed by atoms with Crippen LogP contribution in [-0.2, 0) is 13.0 Å². The highest BCUT2D eigenvalue weighted by atomic mass is 16.5. The maximum Gasteiger partial charge on any atom is 0.251 e. The molecule has 3 N–H and O–H groups in total. The van der Waals surface area contributed by atoms with E-state index in [1.54, 1.807) is 20.3 Å². The van der Waals surface area contributed by atoms with E-state index in [-0.39, 0.29) is 5.91 Å². The van der Waals surface area contributed by atoms with Gasteiger partial charge in [-0.25, -0.2) is 4.98 Å². The van der Waals surface area contributed by atoms with Gasteiger partial charge >= 0.3 is 0 Å². The zero-order chi connectivity index (χ0) is 23.6. The molecule has 1 aromatic heterocycles. The van der Waals surface area contributed by atoms with Gasteiger partial charge in [0.15, 0.2) is 5.96 Å². The Morgan fingerprint density at radius 1 is 1.00 bits per heavy atom. The van der Waals surface area contributed by atoms with Gasteiger partial charge in [-0.3, -0.25) is 9.79 Å². The van der Waals surface area contributed by atoms with Crippen LogP contribution in [0.4, 0.5) is 0 Å². The minimum absolute atomic E-state index is 0.0829. The number of carbonyl (C=O) groups is 1. The molecule has 0 bridgehead atoms. The topological polar surface area (TPSA) is 87.6 Å². The normalized spacial score (nSPS) is 11.1.